The van der Waals surface area contributed by atoms with Crippen LogP contribution in [-0.4, -0.2) is 34.9 Å². The molecule has 9 heteroatoms. The van der Waals surface area contributed by atoms with Gasteiger partial charge in [-0.25, -0.2) is 0 Å². The van der Waals surface area contributed by atoms with Crippen LogP contribution in [0.5, 0.6) is 0 Å². The Morgan fingerprint density at radius 3 is 2.50 bits per heavy atom. The topological polar surface area (TPSA) is 61.4 Å². The van der Waals surface area contributed by atoms with Crippen LogP contribution < -0.4 is 10.9 Å². The Bertz CT molecular complexity index is 533. The van der Waals surface area contributed by atoms with Gasteiger partial charge in [0.1, 0.15) is 6.54 Å². The highest BCUT2D eigenvalue weighted by Crippen LogP contribution is 2.33. The fourth-order valence-electron chi connectivity index (χ4n) is 1.55. The lowest BCUT2D eigenvalue weighted by atomic mass is 10.3. The number of hydrazine groups is 1. The summed E-state index contributed by atoms with van der Waals surface area (Å²) in [6, 6.07) is 3.01. The van der Waals surface area contributed by atoms with Crippen molar-refractivity contribution in [2.24, 2.45) is 0 Å². The highest BCUT2D eigenvalue weighted by atomic mass is 35.5. The van der Waals surface area contributed by atoms with Gasteiger partial charge in [0.05, 0.1) is 27.4 Å². The minimum atomic E-state index is -0.358. The molecule has 20 heavy (non-hydrogen) atoms. The summed E-state index contributed by atoms with van der Waals surface area (Å²) in [5.41, 5.74) is 5.43. The van der Waals surface area contributed by atoms with Crippen LogP contribution in [0.3, 0.4) is 0 Å². The van der Waals surface area contributed by atoms with Crippen LogP contribution in [-0.2, 0) is 9.59 Å². The van der Waals surface area contributed by atoms with Crippen LogP contribution in [0.15, 0.2) is 12.1 Å². The Balaban J connectivity index is 1.92. The van der Waals surface area contributed by atoms with E-state index in [1.165, 1.54) is 28.8 Å². The molecule has 1 saturated heterocycles. The van der Waals surface area contributed by atoms with Crippen LogP contribution in [0, 0.1) is 0 Å². The second-order valence-electron chi connectivity index (χ2n) is 3.99. The van der Waals surface area contributed by atoms with E-state index in [2.05, 4.69) is 10.9 Å². The SMILES string of the molecule is O=C(CN1CSCC1=O)NNc1c(Cl)cc(Cl)cc1Cl. The molecule has 1 aliphatic heterocycles. The molecule has 2 amide bonds. The zero-order chi connectivity index (χ0) is 14.7. The number of hydrogen-bond donors (Lipinski definition) is 2. The van der Waals surface area contributed by atoms with Crippen molar-refractivity contribution in [2.75, 3.05) is 23.6 Å². The number of thioether (sulfide) groups is 1. The molecule has 0 aliphatic carbocycles. The van der Waals surface area contributed by atoms with Crippen molar-refractivity contribution in [1.29, 1.82) is 0 Å². The van der Waals surface area contributed by atoms with E-state index in [-0.39, 0.29) is 28.4 Å². The first-order valence-electron chi connectivity index (χ1n) is 5.52. The predicted molar refractivity (Wildman–Crippen MR) is 82.3 cm³/mol. The molecule has 0 aromatic heterocycles. The van der Waals surface area contributed by atoms with E-state index in [1.807, 2.05) is 0 Å². The first-order valence-corrected chi connectivity index (χ1v) is 7.81. The molecule has 0 spiro atoms. The molecule has 0 saturated carbocycles. The number of carbonyl (C=O) groups excluding carboxylic acids is 2. The summed E-state index contributed by atoms with van der Waals surface area (Å²) < 4.78 is 0. The van der Waals surface area contributed by atoms with Gasteiger partial charge in [-0.3, -0.25) is 20.4 Å². The average molecular weight is 355 g/mol. The zero-order valence-electron chi connectivity index (χ0n) is 10.1. The molecule has 5 nitrogen and oxygen atoms in total. The first-order chi connectivity index (χ1) is 9.47. The summed E-state index contributed by atoms with van der Waals surface area (Å²) >= 11 is 19.2. The number of halogens is 3. The minimum absolute atomic E-state index is 0.0122. The summed E-state index contributed by atoms with van der Waals surface area (Å²) in [5, 5.41) is 0.975. The van der Waals surface area contributed by atoms with Gasteiger partial charge in [-0.2, -0.15) is 0 Å². The zero-order valence-corrected chi connectivity index (χ0v) is 13.2. The summed E-state index contributed by atoms with van der Waals surface area (Å²) in [7, 11) is 0. The highest BCUT2D eigenvalue weighted by molar-refractivity contribution is 8.00. The van der Waals surface area contributed by atoms with Gasteiger partial charge in [-0.15, -0.1) is 11.8 Å². The van der Waals surface area contributed by atoms with E-state index in [9.17, 15) is 9.59 Å². The van der Waals surface area contributed by atoms with Gasteiger partial charge in [0.15, 0.2) is 0 Å². The van der Waals surface area contributed by atoms with Crippen LogP contribution in [0.25, 0.3) is 0 Å². The number of anilines is 1. The van der Waals surface area contributed by atoms with Crippen LogP contribution in [0.4, 0.5) is 5.69 Å². The molecule has 2 rings (SSSR count). The van der Waals surface area contributed by atoms with Crippen molar-refractivity contribution < 1.29 is 9.59 Å². The van der Waals surface area contributed by atoms with Crippen LogP contribution in [0.1, 0.15) is 0 Å². The summed E-state index contributed by atoms with van der Waals surface area (Å²) in [5.74, 6) is 0.528. The molecular formula is C11H10Cl3N3O2S. The monoisotopic (exact) mass is 353 g/mol. The minimum Gasteiger partial charge on any atom is -0.323 e. The number of hydrogen-bond acceptors (Lipinski definition) is 4. The number of nitrogens with zero attached hydrogens (tertiary/aromatic N) is 1. The van der Waals surface area contributed by atoms with Gasteiger partial charge in [-0.1, -0.05) is 34.8 Å². The molecule has 1 fully saturated rings. The molecule has 0 radical (unpaired) electrons. The number of carbonyl (C=O) groups is 2. The van der Waals surface area contributed by atoms with Crippen molar-refractivity contribution in [3.05, 3.63) is 27.2 Å². The third-order valence-electron chi connectivity index (χ3n) is 2.49. The van der Waals surface area contributed by atoms with Crippen molar-refractivity contribution in [2.45, 2.75) is 0 Å². The van der Waals surface area contributed by atoms with Gasteiger partial charge in [0.2, 0.25) is 5.91 Å². The largest absolute Gasteiger partial charge is 0.323 e. The quantitative estimate of drug-likeness (QED) is 0.816. The molecule has 0 atom stereocenters. The smallest absolute Gasteiger partial charge is 0.257 e. The van der Waals surface area contributed by atoms with Crippen molar-refractivity contribution in [3.8, 4) is 0 Å². The Kier molecular flexibility index (Phi) is 5.26. The second kappa shape index (κ2) is 6.76. The third kappa shape index (κ3) is 3.85. The fraction of sp³-hybridized carbons (Fsp3) is 0.273. The van der Waals surface area contributed by atoms with Crippen LogP contribution in [0.2, 0.25) is 15.1 Å². The fourth-order valence-corrected chi connectivity index (χ4v) is 3.36. The molecule has 1 aliphatic rings. The number of benzene rings is 1. The lowest BCUT2D eigenvalue weighted by molar-refractivity contribution is -0.132. The molecule has 108 valence electrons. The lowest BCUT2D eigenvalue weighted by Crippen LogP contribution is -2.40. The molecule has 0 bridgehead atoms. The van der Waals surface area contributed by atoms with Gasteiger partial charge in [-0.05, 0) is 12.1 Å². The van der Waals surface area contributed by atoms with Crippen molar-refractivity contribution >= 4 is 64.1 Å². The Morgan fingerprint density at radius 2 is 1.95 bits per heavy atom. The van der Waals surface area contributed by atoms with Gasteiger partial charge in [0.25, 0.3) is 5.91 Å². The lowest BCUT2D eigenvalue weighted by Gasteiger charge is -2.16. The van der Waals surface area contributed by atoms with E-state index in [1.54, 1.807) is 0 Å². The van der Waals surface area contributed by atoms with E-state index in [0.717, 1.165) is 0 Å². The third-order valence-corrected chi connectivity index (χ3v) is 4.25. The number of nitrogens with one attached hydrogen (secondary N) is 2. The Morgan fingerprint density at radius 1 is 1.30 bits per heavy atom. The van der Waals surface area contributed by atoms with Crippen LogP contribution >= 0.6 is 46.6 Å². The first kappa shape index (κ1) is 15.6. The molecule has 1 aromatic rings. The standard InChI is InChI=1S/C11H10Cl3N3O2S/c12-6-1-7(13)11(8(14)2-6)16-15-9(18)3-17-5-20-4-10(17)19/h1-2,16H,3-5H2,(H,15,18). The maximum atomic E-state index is 11.7. The predicted octanol–water partition coefficient (Wildman–Crippen LogP) is 2.62. The summed E-state index contributed by atoms with van der Waals surface area (Å²) in [6.07, 6.45) is 0. The normalized spacial score (nSPS) is 14.6. The average Bonchev–Trinajstić information content (AvgIpc) is 2.73. The number of rotatable bonds is 4. The molecule has 0 unspecified atom stereocenters. The van der Waals surface area contributed by atoms with Gasteiger partial charge < -0.3 is 4.90 Å². The van der Waals surface area contributed by atoms with Crippen molar-refractivity contribution in [1.82, 2.24) is 10.3 Å². The molecule has 1 aromatic carbocycles. The summed E-state index contributed by atoms with van der Waals surface area (Å²) in [4.78, 5) is 24.6. The molecule has 1 heterocycles. The number of amides is 2. The highest BCUT2D eigenvalue weighted by Gasteiger charge is 2.22. The second-order valence-corrected chi connectivity index (χ2v) is 6.19. The Labute approximate surface area is 134 Å². The maximum Gasteiger partial charge on any atom is 0.257 e. The van der Waals surface area contributed by atoms with Gasteiger partial charge >= 0.3 is 0 Å². The van der Waals surface area contributed by atoms with E-state index in [4.69, 9.17) is 34.8 Å². The summed E-state index contributed by atoms with van der Waals surface area (Å²) in [6.45, 7) is -0.0122. The Hall–Kier alpha value is -0.820. The van der Waals surface area contributed by atoms with E-state index < -0.39 is 0 Å². The van der Waals surface area contributed by atoms with E-state index in [0.29, 0.717) is 22.3 Å². The maximum absolute atomic E-state index is 11.7. The van der Waals surface area contributed by atoms with E-state index >= 15 is 0 Å². The molecule has 2 N–H and O–H groups in total. The molecular weight excluding hydrogens is 345 g/mol. The van der Waals surface area contributed by atoms with Gasteiger partial charge in [0, 0.05) is 5.02 Å². The van der Waals surface area contributed by atoms with Crippen molar-refractivity contribution in [3.63, 3.8) is 0 Å².